The Balaban J connectivity index is 2.37. The molecule has 6 N–H and O–H groups in total. The molecule has 1 aromatic carbocycles. The number of benzene rings is 1. The minimum absolute atomic E-state index is 0.0147. The first-order valence-corrected chi connectivity index (χ1v) is 6.88. The molecule has 1 aliphatic rings. The largest absolute Gasteiger partial charge is 0.370 e. The molecule has 0 unspecified atom stereocenters. The van der Waals surface area contributed by atoms with Crippen LogP contribution in [-0.2, 0) is 11.2 Å². The van der Waals surface area contributed by atoms with Gasteiger partial charge in [0.2, 0.25) is 11.9 Å². The van der Waals surface area contributed by atoms with E-state index in [0.29, 0.717) is 12.1 Å². The third-order valence-electron chi connectivity index (χ3n) is 3.28. The van der Waals surface area contributed by atoms with E-state index in [1.807, 2.05) is 25.1 Å². The van der Waals surface area contributed by atoms with E-state index in [4.69, 9.17) is 17.2 Å². The molecule has 0 saturated heterocycles. The average molecular weight is 288 g/mol. The fourth-order valence-electron chi connectivity index (χ4n) is 2.37. The standard InChI is InChI=1S/C14H20N6O/c1-2-12(21)20-7-3-4-9-5-6-10(8-11(9)20)18-14(17)19-13(15)16/h5-6,8H,2-4,7H2,1H3,(H6,15,16,17,18,19). The summed E-state index contributed by atoms with van der Waals surface area (Å²) in [4.78, 5) is 21.6. The topological polar surface area (TPSA) is 123 Å². The summed E-state index contributed by atoms with van der Waals surface area (Å²) in [7, 11) is 0. The highest BCUT2D eigenvalue weighted by molar-refractivity contribution is 5.96. The number of hydrogen-bond donors (Lipinski definition) is 3. The van der Waals surface area contributed by atoms with Crippen molar-refractivity contribution in [2.24, 2.45) is 27.2 Å². The van der Waals surface area contributed by atoms with Crippen LogP contribution in [-0.4, -0.2) is 24.4 Å². The summed E-state index contributed by atoms with van der Waals surface area (Å²) < 4.78 is 0. The number of rotatable bonds is 2. The fraction of sp³-hybridized carbons (Fsp3) is 0.357. The zero-order valence-corrected chi connectivity index (χ0v) is 12.0. The number of guanidine groups is 2. The molecule has 0 saturated carbocycles. The van der Waals surface area contributed by atoms with Crippen LogP contribution in [0.15, 0.2) is 28.2 Å². The highest BCUT2D eigenvalue weighted by Gasteiger charge is 2.21. The molecule has 0 fully saturated rings. The van der Waals surface area contributed by atoms with Gasteiger partial charge in [-0.15, -0.1) is 0 Å². The molecular weight excluding hydrogens is 268 g/mol. The Bertz CT molecular complexity index is 603. The van der Waals surface area contributed by atoms with Gasteiger partial charge in [-0.1, -0.05) is 13.0 Å². The van der Waals surface area contributed by atoms with Crippen molar-refractivity contribution in [3.05, 3.63) is 23.8 Å². The molecule has 112 valence electrons. The lowest BCUT2D eigenvalue weighted by molar-refractivity contribution is -0.118. The number of carbonyl (C=O) groups excluding carboxylic acids is 1. The third kappa shape index (κ3) is 3.50. The van der Waals surface area contributed by atoms with E-state index in [1.165, 1.54) is 0 Å². The Morgan fingerprint density at radius 3 is 2.76 bits per heavy atom. The first kappa shape index (κ1) is 14.8. The molecule has 0 aromatic heterocycles. The van der Waals surface area contributed by atoms with E-state index in [0.717, 1.165) is 30.6 Å². The molecule has 7 nitrogen and oxygen atoms in total. The molecule has 1 amide bonds. The first-order valence-electron chi connectivity index (χ1n) is 6.88. The predicted octanol–water partition coefficient (Wildman–Crippen LogP) is 0.595. The van der Waals surface area contributed by atoms with Crippen molar-refractivity contribution < 1.29 is 4.79 Å². The number of carbonyl (C=O) groups is 1. The number of aliphatic imine (C=N–C) groups is 2. The van der Waals surface area contributed by atoms with Gasteiger partial charge in [-0.25, -0.2) is 4.99 Å². The summed E-state index contributed by atoms with van der Waals surface area (Å²) >= 11 is 0. The van der Waals surface area contributed by atoms with Crippen LogP contribution in [0.5, 0.6) is 0 Å². The van der Waals surface area contributed by atoms with Crippen molar-refractivity contribution >= 4 is 29.2 Å². The molecule has 0 bridgehead atoms. The Labute approximate surface area is 123 Å². The molecule has 21 heavy (non-hydrogen) atoms. The van der Waals surface area contributed by atoms with Crippen molar-refractivity contribution in [1.82, 2.24) is 0 Å². The number of anilines is 1. The van der Waals surface area contributed by atoms with Gasteiger partial charge in [-0.2, -0.15) is 4.99 Å². The van der Waals surface area contributed by atoms with Crippen molar-refractivity contribution in [2.75, 3.05) is 11.4 Å². The lowest BCUT2D eigenvalue weighted by Crippen LogP contribution is -2.34. The predicted molar refractivity (Wildman–Crippen MR) is 84.5 cm³/mol. The van der Waals surface area contributed by atoms with E-state index in [2.05, 4.69) is 9.98 Å². The Hall–Kier alpha value is -2.57. The molecule has 1 aliphatic heterocycles. The third-order valence-corrected chi connectivity index (χ3v) is 3.28. The summed E-state index contributed by atoms with van der Waals surface area (Å²) in [6.45, 7) is 2.59. The molecule has 2 rings (SSSR count). The van der Waals surface area contributed by atoms with E-state index >= 15 is 0 Å². The maximum atomic E-state index is 12.0. The van der Waals surface area contributed by atoms with Gasteiger partial charge < -0.3 is 22.1 Å². The van der Waals surface area contributed by atoms with Crippen LogP contribution < -0.4 is 22.1 Å². The zero-order chi connectivity index (χ0) is 15.4. The second-order valence-electron chi connectivity index (χ2n) is 4.82. The van der Waals surface area contributed by atoms with Crippen molar-refractivity contribution in [2.45, 2.75) is 26.2 Å². The van der Waals surface area contributed by atoms with Crippen LogP contribution in [0.4, 0.5) is 11.4 Å². The second-order valence-corrected chi connectivity index (χ2v) is 4.82. The quantitative estimate of drug-likeness (QED) is 0.544. The Morgan fingerprint density at radius 2 is 2.10 bits per heavy atom. The number of fused-ring (bicyclic) bond motifs is 1. The maximum Gasteiger partial charge on any atom is 0.226 e. The van der Waals surface area contributed by atoms with Crippen LogP contribution in [0.1, 0.15) is 25.3 Å². The summed E-state index contributed by atoms with van der Waals surface area (Å²) in [5, 5.41) is 0. The van der Waals surface area contributed by atoms with Gasteiger partial charge in [0.05, 0.1) is 5.69 Å². The van der Waals surface area contributed by atoms with Crippen LogP contribution >= 0.6 is 0 Å². The molecule has 7 heteroatoms. The molecule has 1 heterocycles. The lowest BCUT2D eigenvalue weighted by Gasteiger charge is -2.29. The Morgan fingerprint density at radius 1 is 1.33 bits per heavy atom. The summed E-state index contributed by atoms with van der Waals surface area (Å²) in [5.41, 5.74) is 18.8. The number of hydrogen-bond acceptors (Lipinski definition) is 2. The Kier molecular flexibility index (Phi) is 4.42. The SMILES string of the molecule is CCC(=O)N1CCCc2ccc(N=C(N)N=C(N)N)cc21. The van der Waals surface area contributed by atoms with Crippen LogP contribution in [0, 0.1) is 0 Å². The van der Waals surface area contributed by atoms with Gasteiger partial charge in [-0.3, -0.25) is 4.79 Å². The molecule has 0 spiro atoms. The van der Waals surface area contributed by atoms with Crippen LogP contribution in [0.3, 0.4) is 0 Å². The normalized spacial score (nSPS) is 14.5. The molecule has 0 radical (unpaired) electrons. The van der Waals surface area contributed by atoms with Gasteiger partial charge in [-0.05, 0) is 30.5 Å². The van der Waals surface area contributed by atoms with Gasteiger partial charge in [0, 0.05) is 18.7 Å². The van der Waals surface area contributed by atoms with Gasteiger partial charge in [0.15, 0.2) is 5.96 Å². The molecule has 0 aliphatic carbocycles. The minimum atomic E-state index is -0.142. The van der Waals surface area contributed by atoms with Gasteiger partial charge in [0.25, 0.3) is 0 Å². The summed E-state index contributed by atoms with van der Waals surface area (Å²) in [6, 6.07) is 5.65. The monoisotopic (exact) mass is 288 g/mol. The van der Waals surface area contributed by atoms with Crippen molar-refractivity contribution in [1.29, 1.82) is 0 Å². The number of amides is 1. The highest BCUT2D eigenvalue weighted by Crippen LogP contribution is 2.31. The van der Waals surface area contributed by atoms with Gasteiger partial charge >= 0.3 is 0 Å². The van der Waals surface area contributed by atoms with Crippen molar-refractivity contribution in [3.8, 4) is 0 Å². The second kappa shape index (κ2) is 6.25. The lowest BCUT2D eigenvalue weighted by atomic mass is 10.0. The molecule has 0 atom stereocenters. The number of nitrogens with two attached hydrogens (primary N) is 3. The smallest absolute Gasteiger partial charge is 0.226 e. The summed E-state index contributed by atoms with van der Waals surface area (Å²) in [6.07, 6.45) is 2.40. The highest BCUT2D eigenvalue weighted by atomic mass is 16.2. The summed E-state index contributed by atoms with van der Waals surface area (Å²) in [5.74, 6) is -0.0506. The minimum Gasteiger partial charge on any atom is -0.370 e. The maximum absolute atomic E-state index is 12.0. The van der Waals surface area contributed by atoms with E-state index < -0.39 is 0 Å². The van der Waals surface area contributed by atoms with Gasteiger partial charge in [0.1, 0.15) is 0 Å². The van der Waals surface area contributed by atoms with Crippen molar-refractivity contribution in [3.63, 3.8) is 0 Å². The van der Waals surface area contributed by atoms with E-state index in [1.54, 1.807) is 4.90 Å². The zero-order valence-electron chi connectivity index (χ0n) is 12.0. The van der Waals surface area contributed by atoms with E-state index in [9.17, 15) is 4.79 Å². The van der Waals surface area contributed by atoms with E-state index in [-0.39, 0.29) is 17.8 Å². The van der Waals surface area contributed by atoms with Crippen LogP contribution in [0.2, 0.25) is 0 Å². The first-order chi connectivity index (χ1) is 10.0. The van der Waals surface area contributed by atoms with Crippen LogP contribution in [0.25, 0.3) is 0 Å². The molecular formula is C14H20N6O. The average Bonchev–Trinajstić information content (AvgIpc) is 2.44. The number of aryl methyl sites for hydroxylation is 1. The number of nitrogens with zero attached hydrogens (tertiary/aromatic N) is 3. The fourth-order valence-corrected chi connectivity index (χ4v) is 2.37. The molecule has 1 aromatic rings.